The van der Waals surface area contributed by atoms with Crippen molar-refractivity contribution >= 4 is 28.6 Å². The Morgan fingerprint density at radius 2 is 1.85 bits per heavy atom. The van der Waals surface area contributed by atoms with Crippen LogP contribution < -0.4 is 4.74 Å². The van der Waals surface area contributed by atoms with Crippen molar-refractivity contribution in [1.82, 2.24) is 0 Å². The summed E-state index contributed by atoms with van der Waals surface area (Å²) >= 11 is 2.14. The van der Waals surface area contributed by atoms with Crippen LogP contribution in [-0.4, -0.2) is 13.1 Å². The number of carbonyl (C=O) groups is 1. The lowest BCUT2D eigenvalue weighted by Gasteiger charge is -2.09. The molecule has 0 bridgehead atoms. The van der Waals surface area contributed by atoms with Crippen LogP contribution in [0.3, 0.4) is 0 Å². The van der Waals surface area contributed by atoms with E-state index in [-0.39, 0.29) is 5.97 Å². The number of esters is 1. The van der Waals surface area contributed by atoms with Gasteiger partial charge >= 0.3 is 5.97 Å². The molecule has 0 atom stereocenters. The zero-order chi connectivity index (χ0) is 14.5. The summed E-state index contributed by atoms with van der Waals surface area (Å²) in [6.45, 7) is 2.12. The Morgan fingerprint density at radius 3 is 2.40 bits per heavy atom. The molecule has 0 saturated carbocycles. The summed E-state index contributed by atoms with van der Waals surface area (Å²) in [5, 5.41) is 0. The maximum atomic E-state index is 11.4. The van der Waals surface area contributed by atoms with E-state index in [1.165, 1.54) is 12.7 Å². The maximum absolute atomic E-state index is 11.4. The minimum Gasteiger partial charge on any atom is -0.465 e. The Kier molecular flexibility index (Phi) is 5.00. The molecule has 0 spiro atoms. The second-order valence-electron chi connectivity index (χ2n) is 4.24. The molecule has 2 aromatic carbocycles. The van der Waals surface area contributed by atoms with Gasteiger partial charge in [0.1, 0.15) is 11.5 Å². The topological polar surface area (TPSA) is 35.5 Å². The van der Waals surface area contributed by atoms with E-state index in [1.54, 1.807) is 18.2 Å². The molecule has 0 fully saturated rings. The van der Waals surface area contributed by atoms with Crippen molar-refractivity contribution in [2.45, 2.75) is 13.3 Å². The number of hydrogen-bond acceptors (Lipinski definition) is 3. The first-order valence-corrected chi connectivity index (χ1v) is 7.36. The van der Waals surface area contributed by atoms with E-state index in [0.29, 0.717) is 5.56 Å². The first-order chi connectivity index (χ1) is 9.63. The number of rotatable bonds is 4. The van der Waals surface area contributed by atoms with Crippen LogP contribution in [0.5, 0.6) is 11.5 Å². The predicted octanol–water partition coefficient (Wildman–Crippen LogP) is 4.43. The molecule has 3 nitrogen and oxygen atoms in total. The molecule has 0 saturated heterocycles. The Hall–Kier alpha value is -1.56. The molecule has 0 heterocycles. The molecule has 0 aromatic heterocycles. The van der Waals surface area contributed by atoms with E-state index in [9.17, 15) is 4.79 Å². The normalized spacial score (nSPS) is 10.2. The SMILES string of the molecule is CCc1ccc(Oc2ccc(C(=O)OC)cc2I)cc1. The van der Waals surface area contributed by atoms with Crippen molar-refractivity contribution in [3.8, 4) is 11.5 Å². The van der Waals surface area contributed by atoms with E-state index < -0.39 is 0 Å². The third-order valence-corrected chi connectivity index (χ3v) is 3.76. The fraction of sp³-hybridized carbons (Fsp3) is 0.188. The van der Waals surface area contributed by atoms with Crippen LogP contribution in [0.15, 0.2) is 42.5 Å². The van der Waals surface area contributed by atoms with E-state index in [0.717, 1.165) is 21.5 Å². The lowest BCUT2D eigenvalue weighted by molar-refractivity contribution is 0.0600. The summed E-state index contributed by atoms with van der Waals surface area (Å²) in [4.78, 5) is 11.4. The van der Waals surface area contributed by atoms with Gasteiger partial charge in [0.15, 0.2) is 0 Å². The molecule has 0 amide bonds. The molecule has 104 valence electrons. The van der Waals surface area contributed by atoms with Gasteiger partial charge in [0.25, 0.3) is 0 Å². The van der Waals surface area contributed by atoms with Crippen molar-refractivity contribution in [2.24, 2.45) is 0 Å². The van der Waals surface area contributed by atoms with Crippen LogP contribution in [0.4, 0.5) is 0 Å². The van der Waals surface area contributed by atoms with Crippen molar-refractivity contribution in [3.63, 3.8) is 0 Å². The fourth-order valence-electron chi connectivity index (χ4n) is 1.75. The van der Waals surface area contributed by atoms with Gasteiger partial charge in [0.2, 0.25) is 0 Å². The number of ether oxygens (including phenoxy) is 2. The monoisotopic (exact) mass is 382 g/mol. The largest absolute Gasteiger partial charge is 0.465 e. The number of hydrogen-bond donors (Lipinski definition) is 0. The molecule has 0 aliphatic heterocycles. The van der Waals surface area contributed by atoms with Gasteiger partial charge in [-0.25, -0.2) is 4.79 Å². The minimum absolute atomic E-state index is 0.346. The van der Waals surface area contributed by atoms with Gasteiger partial charge in [-0.3, -0.25) is 0 Å². The summed E-state index contributed by atoms with van der Waals surface area (Å²) in [5.41, 5.74) is 1.79. The number of halogens is 1. The highest BCUT2D eigenvalue weighted by Crippen LogP contribution is 2.28. The number of carbonyl (C=O) groups excluding carboxylic acids is 1. The highest BCUT2D eigenvalue weighted by atomic mass is 127. The average molecular weight is 382 g/mol. The smallest absolute Gasteiger partial charge is 0.337 e. The van der Waals surface area contributed by atoms with E-state index >= 15 is 0 Å². The Morgan fingerprint density at radius 1 is 1.15 bits per heavy atom. The number of benzene rings is 2. The van der Waals surface area contributed by atoms with Gasteiger partial charge in [-0.2, -0.15) is 0 Å². The Balaban J connectivity index is 2.18. The highest BCUT2D eigenvalue weighted by molar-refractivity contribution is 14.1. The molecule has 0 unspecified atom stereocenters. The molecule has 0 N–H and O–H groups in total. The van der Waals surface area contributed by atoms with Gasteiger partial charge in [0, 0.05) is 0 Å². The van der Waals surface area contributed by atoms with Gasteiger partial charge in [-0.1, -0.05) is 19.1 Å². The molecule has 2 rings (SSSR count). The van der Waals surface area contributed by atoms with Gasteiger partial charge in [-0.05, 0) is 64.9 Å². The predicted molar refractivity (Wildman–Crippen MR) is 86.4 cm³/mol. The van der Waals surface area contributed by atoms with Crippen LogP contribution in [0.1, 0.15) is 22.8 Å². The average Bonchev–Trinajstić information content (AvgIpc) is 2.49. The number of aryl methyl sites for hydroxylation is 1. The lowest BCUT2D eigenvalue weighted by atomic mass is 10.2. The van der Waals surface area contributed by atoms with Crippen molar-refractivity contribution < 1.29 is 14.3 Å². The lowest BCUT2D eigenvalue weighted by Crippen LogP contribution is -2.01. The molecule has 4 heteroatoms. The molecule has 0 radical (unpaired) electrons. The minimum atomic E-state index is -0.346. The van der Waals surface area contributed by atoms with Crippen molar-refractivity contribution in [1.29, 1.82) is 0 Å². The summed E-state index contributed by atoms with van der Waals surface area (Å²) in [6.07, 6.45) is 1.01. The molecule has 0 aliphatic rings. The molecule has 0 aliphatic carbocycles. The van der Waals surface area contributed by atoms with Crippen LogP contribution in [0, 0.1) is 3.57 Å². The van der Waals surface area contributed by atoms with E-state index in [1.807, 2.05) is 24.3 Å². The first kappa shape index (κ1) is 14.8. The summed E-state index contributed by atoms with van der Waals surface area (Å²) < 4.78 is 11.4. The van der Waals surface area contributed by atoms with Gasteiger partial charge in [0.05, 0.1) is 16.2 Å². The molecule has 20 heavy (non-hydrogen) atoms. The Labute approximate surface area is 132 Å². The first-order valence-electron chi connectivity index (χ1n) is 6.28. The van der Waals surface area contributed by atoms with Gasteiger partial charge in [-0.15, -0.1) is 0 Å². The summed E-state index contributed by atoms with van der Waals surface area (Å²) in [5.74, 6) is 1.16. The van der Waals surface area contributed by atoms with E-state index in [4.69, 9.17) is 9.47 Å². The van der Waals surface area contributed by atoms with Crippen molar-refractivity contribution in [2.75, 3.05) is 7.11 Å². The van der Waals surface area contributed by atoms with Crippen LogP contribution >= 0.6 is 22.6 Å². The third kappa shape index (κ3) is 3.50. The summed E-state index contributed by atoms with van der Waals surface area (Å²) in [6, 6.07) is 13.2. The van der Waals surface area contributed by atoms with Crippen molar-refractivity contribution in [3.05, 3.63) is 57.2 Å². The van der Waals surface area contributed by atoms with Gasteiger partial charge < -0.3 is 9.47 Å². The third-order valence-electron chi connectivity index (χ3n) is 2.91. The molecular formula is C16H15IO3. The second-order valence-corrected chi connectivity index (χ2v) is 5.40. The quantitative estimate of drug-likeness (QED) is 0.580. The van der Waals surface area contributed by atoms with Crippen LogP contribution in [-0.2, 0) is 11.2 Å². The van der Waals surface area contributed by atoms with Crippen LogP contribution in [0.2, 0.25) is 0 Å². The second kappa shape index (κ2) is 6.74. The fourth-order valence-corrected chi connectivity index (χ4v) is 2.37. The zero-order valence-electron chi connectivity index (χ0n) is 11.4. The Bertz CT molecular complexity index is 606. The molecule has 2 aromatic rings. The maximum Gasteiger partial charge on any atom is 0.337 e. The highest BCUT2D eigenvalue weighted by Gasteiger charge is 2.09. The number of methoxy groups -OCH3 is 1. The zero-order valence-corrected chi connectivity index (χ0v) is 13.5. The standard InChI is InChI=1S/C16H15IO3/c1-3-11-4-7-13(8-5-11)20-15-9-6-12(10-14(15)17)16(18)19-2/h4-10H,3H2,1-2H3. The summed E-state index contributed by atoms with van der Waals surface area (Å²) in [7, 11) is 1.37. The molecular weight excluding hydrogens is 367 g/mol. The van der Waals surface area contributed by atoms with E-state index in [2.05, 4.69) is 29.5 Å². The van der Waals surface area contributed by atoms with Crippen LogP contribution in [0.25, 0.3) is 0 Å².